The number of aromatic amines is 1. The van der Waals surface area contributed by atoms with E-state index in [4.69, 9.17) is 11.6 Å². The number of thioether (sulfide) groups is 1. The number of H-pyrrole nitrogens is 1. The molecule has 68 valence electrons. The molecule has 0 aliphatic carbocycles. The van der Waals surface area contributed by atoms with E-state index in [-0.39, 0.29) is 0 Å². The summed E-state index contributed by atoms with van der Waals surface area (Å²) in [5.41, 5.74) is 2.37. The van der Waals surface area contributed by atoms with Crippen LogP contribution in [0, 0.1) is 6.92 Å². The van der Waals surface area contributed by atoms with Gasteiger partial charge in [-0.1, -0.05) is 11.6 Å². The van der Waals surface area contributed by atoms with Crippen LogP contribution in [0.2, 0.25) is 5.02 Å². The summed E-state index contributed by atoms with van der Waals surface area (Å²) in [4.78, 5) is 4.62. The SMILES string of the molecule is CSc1c(C)[nH]c2ccc(Cl)cc12. The predicted octanol–water partition coefficient (Wildman–Crippen LogP) is 3.85. The van der Waals surface area contributed by atoms with Crippen molar-refractivity contribution in [3.05, 3.63) is 28.9 Å². The molecule has 0 amide bonds. The number of aryl methyl sites for hydroxylation is 1. The number of aromatic nitrogens is 1. The lowest BCUT2D eigenvalue weighted by Crippen LogP contribution is -1.70. The van der Waals surface area contributed by atoms with Gasteiger partial charge in [0.05, 0.1) is 0 Å². The largest absolute Gasteiger partial charge is 0.358 e. The maximum Gasteiger partial charge on any atom is 0.0468 e. The van der Waals surface area contributed by atoms with E-state index in [1.165, 1.54) is 16.0 Å². The third kappa shape index (κ3) is 1.45. The van der Waals surface area contributed by atoms with Gasteiger partial charge < -0.3 is 4.98 Å². The third-order valence-electron chi connectivity index (χ3n) is 2.09. The highest BCUT2D eigenvalue weighted by Crippen LogP contribution is 2.31. The van der Waals surface area contributed by atoms with Crippen molar-refractivity contribution in [3.63, 3.8) is 0 Å². The normalized spacial score (nSPS) is 11.0. The Morgan fingerprint density at radius 3 is 2.85 bits per heavy atom. The van der Waals surface area contributed by atoms with Gasteiger partial charge in [0.25, 0.3) is 0 Å². The minimum Gasteiger partial charge on any atom is -0.358 e. The van der Waals surface area contributed by atoms with Gasteiger partial charge in [-0.05, 0) is 31.4 Å². The molecule has 0 aliphatic heterocycles. The average Bonchev–Trinajstić information content (AvgIpc) is 2.40. The van der Waals surface area contributed by atoms with Crippen LogP contribution < -0.4 is 0 Å². The second-order valence-corrected chi connectivity index (χ2v) is 4.23. The van der Waals surface area contributed by atoms with Crippen LogP contribution in [0.4, 0.5) is 0 Å². The van der Waals surface area contributed by atoms with Crippen LogP contribution in [0.15, 0.2) is 23.1 Å². The summed E-state index contributed by atoms with van der Waals surface area (Å²) in [5.74, 6) is 0. The van der Waals surface area contributed by atoms with Crippen molar-refractivity contribution in [2.24, 2.45) is 0 Å². The molecule has 2 rings (SSSR count). The Morgan fingerprint density at radius 1 is 1.38 bits per heavy atom. The zero-order valence-electron chi connectivity index (χ0n) is 7.52. The molecule has 0 saturated carbocycles. The predicted molar refractivity (Wildman–Crippen MR) is 59.8 cm³/mol. The molecule has 1 N–H and O–H groups in total. The van der Waals surface area contributed by atoms with Crippen LogP contribution in [0.25, 0.3) is 10.9 Å². The Hall–Kier alpha value is -0.600. The highest BCUT2D eigenvalue weighted by Gasteiger charge is 2.06. The fourth-order valence-electron chi connectivity index (χ4n) is 1.54. The van der Waals surface area contributed by atoms with Crippen LogP contribution in [-0.4, -0.2) is 11.2 Å². The molecule has 0 spiro atoms. The summed E-state index contributed by atoms with van der Waals surface area (Å²) in [7, 11) is 0. The molecule has 3 heteroatoms. The van der Waals surface area contributed by atoms with Crippen molar-refractivity contribution < 1.29 is 0 Å². The maximum atomic E-state index is 5.93. The van der Waals surface area contributed by atoms with Gasteiger partial charge in [0.1, 0.15) is 0 Å². The van der Waals surface area contributed by atoms with Crippen molar-refractivity contribution in [1.29, 1.82) is 0 Å². The standard InChI is InChI=1S/C10H10ClNS/c1-6-10(13-2)8-5-7(11)3-4-9(8)12-6/h3-5,12H,1-2H3. The number of nitrogens with one attached hydrogen (secondary N) is 1. The molecule has 0 aliphatic rings. The summed E-state index contributed by atoms with van der Waals surface area (Å²) in [6.07, 6.45) is 2.08. The van der Waals surface area contributed by atoms with Crippen LogP contribution in [0.3, 0.4) is 0 Å². The lowest BCUT2D eigenvalue weighted by atomic mass is 10.2. The minimum atomic E-state index is 0.793. The van der Waals surface area contributed by atoms with Crippen LogP contribution in [-0.2, 0) is 0 Å². The summed E-state index contributed by atoms with van der Waals surface area (Å²) in [6.45, 7) is 2.08. The summed E-state index contributed by atoms with van der Waals surface area (Å²) in [5, 5.41) is 2.01. The molecular weight excluding hydrogens is 202 g/mol. The molecule has 1 heterocycles. The summed E-state index contributed by atoms with van der Waals surface area (Å²) >= 11 is 7.68. The number of fused-ring (bicyclic) bond motifs is 1. The molecule has 1 nitrogen and oxygen atoms in total. The van der Waals surface area contributed by atoms with Gasteiger partial charge >= 0.3 is 0 Å². The fourth-order valence-corrected chi connectivity index (χ4v) is 2.46. The molecule has 1 aromatic heterocycles. The first-order valence-corrected chi connectivity index (χ1v) is 5.64. The van der Waals surface area contributed by atoms with E-state index in [1.807, 2.05) is 18.2 Å². The minimum absolute atomic E-state index is 0.793. The van der Waals surface area contributed by atoms with Gasteiger partial charge in [-0.3, -0.25) is 0 Å². The van der Waals surface area contributed by atoms with Gasteiger partial charge in [0, 0.05) is 26.5 Å². The molecule has 0 unspecified atom stereocenters. The molecule has 0 atom stereocenters. The smallest absolute Gasteiger partial charge is 0.0468 e. The Balaban J connectivity index is 2.80. The Bertz CT molecular complexity index is 447. The first-order valence-electron chi connectivity index (χ1n) is 4.04. The van der Waals surface area contributed by atoms with E-state index in [2.05, 4.69) is 18.2 Å². The zero-order valence-corrected chi connectivity index (χ0v) is 9.09. The van der Waals surface area contributed by atoms with E-state index in [0.717, 1.165) is 10.5 Å². The molecule has 0 fully saturated rings. The van der Waals surface area contributed by atoms with Crippen molar-refractivity contribution >= 4 is 34.3 Å². The quantitative estimate of drug-likeness (QED) is 0.709. The number of hydrogen-bond acceptors (Lipinski definition) is 1. The van der Waals surface area contributed by atoms with Crippen LogP contribution >= 0.6 is 23.4 Å². The summed E-state index contributed by atoms with van der Waals surface area (Å²) in [6, 6.07) is 5.93. The van der Waals surface area contributed by atoms with E-state index < -0.39 is 0 Å². The van der Waals surface area contributed by atoms with Crippen LogP contribution in [0.1, 0.15) is 5.69 Å². The number of hydrogen-bond donors (Lipinski definition) is 1. The Labute approximate surface area is 86.5 Å². The molecule has 0 bridgehead atoms. The van der Waals surface area contributed by atoms with Gasteiger partial charge in [-0.2, -0.15) is 0 Å². The third-order valence-corrected chi connectivity index (χ3v) is 3.26. The molecular formula is C10H10ClNS. The summed E-state index contributed by atoms with van der Waals surface area (Å²) < 4.78 is 0. The monoisotopic (exact) mass is 211 g/mol. The van der Waals surface area contributed by atoms with E-state index >= 15 is 0 Å². The average molecular weight is 212 g/mol. The first kappa shape index (κ1) is 8.97. The van der Waals surface area contributed by atoms with Gasteiger partial charge in [-0.15, -0.1) is 11.8 Å². The van der Waals surface area contributed by atoms with Crippen molar-refractivity contribution in [2.45, 2.75) is 11.8 Å². The number of benzene rings is 1. The van der Waals surface area contributed by atoms with E-state index in [0.29, 0.717) is 0 Å². The Kier molecular flexibility index (Phi) is 2.26. The second-order valence-electron chi connectivity index (χ2n) is 2.97. The number of halogens is 1. The van der Waals surface area contributed by atoms with Gasteiger partial charge in [-0.25, -0.2) is 0 Å². The van der Waals surface area contributed by atoms with Crippen molar-refractivity contribution in [3.8, 4) is 0 Å². The van der Waals surface area contributed by atoms with Gasteiger partial charge in [0.2, 0.25) is 0 Å². The van der Waals surface area contributed by atoms with Crippen molar-refractivity contribution in [1.82, 2.24) is 4.98 Å². The van der Waals surface area contributed by atoms with Gasteiger partial charge in [0.15, 0.2) is 0 Å². The lowest BCUT2D eigenvalue weighted by Gasteiger charge is -1.94. The van der Waals surface area contributed by atoms with E-state index in [9.17, 15) is 0 Å². The van der Waals surface area contributed by atoms with Crippen LogP contribution in [0.5, 0.6) is 0 Å². The first-order chi connectivity index (χ1) is 6.22. The molecule has 0 saturated heterocycles. The van der Waals surface area contributed by atoms with E-state index in [1.54, 1.807) is 11.8 Å². The Morgan fingerprint density at radius 2 is 2.15 bits per heavy atom. The van der Waals surface area contributed by atoms with Crippen molar-refractivity contribution in [2.75, 3.05) is 6.26 Å². The maximum absolute atomic E-state index is 5.93. The highest BCUT2D eigenvalue weighted by atomic mass is 35.5. The molecule has 13 heavy (non-hydrogen) atoms. The second kappa shape index (κ2) is 3.28. The zero-order chi connectivity index (χ0) is 9.42. The topological polar surface area (TPSA) is 15.8 Å². The lowest BCUT2D eigenvalue weighted by molar-refractivity contribution is 1.23. The fraction of sp³-hybridized carbons (Fsp3) is 0.200. The number of rotatable bonds is 1. The molecule has 0 radical (unpaired) electrons. The molecule has 2 aromatic rings. The molecule has 1 aromatic carbocycles. The highest BCUT2D eigenvalue weighted by molar-refractivity contribution is 7.98.